The van der Waals surface area contributed by atoms with Crippen molar-refractivity contribution in [2.45, 2.75) is 6.54 Å². The van der Waals surface area contributed by atoms with Gasteiger partial charge in [0, 0.05) is 43.3 Å². The Kier molecular flexibility index (Phi) is 5.02. The minimum atomic E-state index is 0.0224. The number of carbonyl (C=O) groups is 1. The topological polar surface area (TPSA) is 61.4 Å². The number of hydrogen-bond donors (Lipinski definition) is 1. The van der Waals surface area contributed by atoms with E-state index >= 15 is 0 Å². The summed E-state index contributed by atoms with van der Waals surface area (Å²) in [5.74, 6) is 0.0224. The van der Waals surface area contributed by atoms with Crippen molar-refractivity contribution in [3.63, 3.8) is 0 Å². The van der Waals surface area contributed by atoms with Crippen molar-refractivity contribution in [1.29, 1.82) is 0 Å². The van der Waals surface area contributed by atoms with Gasteiger partial charge in [0.2, 0.25) is 5.91 Å². The van der Waals surface area contributed by atoms with Crippen molar-refractivity contribution in [3.05, 3.63) is 40.6 Å². The fourth-order valence-electron chi connectivity index (χ4n) is 2.99. The lowest BCUT2D eigenvalue weighted by molar-refractivity contribution is -0.117. The Morgan fingerprint density at radius 2 is 1.88 bits per heavy atom. The van der Waals surface area contributed by atoms with E-state index in [1.807, 2.05) is 18.2 Å². The van der Waals surface area contributed by atoms with E-state index in [4.69, 9.17) is 0 Å². The smallest absolute Gasteiger partial charge is 0.238 e. The molecule has 2 aromatic heterocycles. The van der Waals surface area contributed by atoms with Gasteiger partial charge in [-0.15, -0.1) is 11.3 Å². The Balaban J connectivity index is 1.25. The molecule has 0 radical (unpaired) electrons. The maximum Gasteiger partial charge on any atom is 0.238 e. The summed E-state index contributed by atoms with van der Waals surface area (Å²) in [6.45, 7) is 5.30. The van der Waals surface area contributed by atoms with Crippen LogP contribution in [0.5, 0.6) is 0 Å². The van der Waals surface area contributed by atoms with Crippen LogP contribution in [-0.4, -0.2) is 57.2 Å². The van der Waals surface area contributed by atoms with Crippen molar-refractivity contribution in [2.24, 2.45) is 0 Å². The zero-order chi connectivity index (χ0) is 17.1. The summed E-state index contributed by atoms with van der Waals surface area (Å²) in [7, 11) is 0. The van der Waals surface area contributed by atoms with Crippen LogP contribution in [0, 0.1) is 0 Å². The van der Waals surface area contributed by atoms with E-state index in [0.717, 1.165) is 49.4 Å². The molecule has 6 nitrogen and oxygen atoms in total. The maximum absolute atomic E-state index is 12.3. The lowest BCUT2D eigenvalue weighted by Crippen LogP contribution is -2.48. The molecule has 0 bridgehead atoms. The van der Waals surface area contributed by atoms with Crippen LogP contribution in [-0.2, 0) is 11.3 Å². The molecule has 8 heteroatoms. The van der Waals surface area contributed by atoms with Gasteiger partial charge in [-0.1, -0.05) is 6.07 Å². The second-order valence-corrected chi connectivity index (χ2v) is 7.71. The predicted octanol–water partition coefficient (Wildman–Crippen LogP) is 2.51. The normalized spacial score (nSPS) is 16.3. The van der Waals surface area contributed by atoms with Gasteiger partial charge in [-0.2, -0.15) is 8.75 Å². The van der Waals surface area contributed by atoms with Crippen LogP contribution in [0.25, 0.3) is 11.0 Å². The summed E-state index contributed by atoms with van der Waals surface area (Å²) in [5, 5.41) is 5.08. The summed E-state index contributed by atoms with van der Waals surface area (Å²) < 4.78 is 8.38. The number of rotatable bonds is 5. The van der Waals surface area contributed by atoms with Gasteiger partial charge in [-0.25, -0.2) is 0 Å². The van der Waals surface area contributed by atoms with Crippen molar-refractivity contribution >= 4 is 45.7 Å². The fourth-order valence-corrected chi connectivity index (χ4v) is 4.26. The molecule has 1 aromatic carbocycles. The van der Waals surface area contributed by atoms with E-state index in [-0.39, 0.29) is 5.91 Å². The third-order valence-electron chi connectivity index (χ3n) is 4.33. The average molecular weight is 374 g/mol. The van der Waals surface area contributed by atoms with Crippen molar-refractivity contribution in [1.82, 2.24) is 18.5 Å². The quantitative estimate of drug-likeness (QED) is 0.745. The minimum absolute atomic E-state index is 0.0224. The molecule has 0 spiro atoms. The van der Waals surface area contributed by atoms with Gasteiger partial charge in [0.15, 0.2) is 0 Å². The zero-order valence-electron chi connectivity index (χ0n) is 13.7. The molecule has 1 aliphatic heterocycles. The monoisotopic (exact) mass is 373 g/mol. The summed E-state index contributed by atoms with van der Waals surface area (Å²) in [6.07, 6.45) is 0. The lowest BCUT2D eigenvalue weighted by atomic mass is 10.2. The van der Waals surface area contributed by atoms with Crippen LogP contribution >= 0.6 is 23.1 Å². The van der Waals surface area contributed by atoms with E-state index in [9.17, 15) is 4.79 Å². The molecule has 4 rings (SSSR count). The van der Waals surface area contributed by atoms with Crippen molar-refractivity contribution in [3.8, 4) is 0 Å². The summed E-state index contributed by atoms with van der Waals surface area (Å²) in [5.41, 5.74) is 2.47. The first-order valence-electron chi connectivity index (χ1n) is 8.25. The molecule has 0 unspecified atom stereocenters. The van der Waals surface area contributed by atoms with Gasteiger partial charge >= 0.3 is 0 Å². The van der Waals surface area contributed by atoms with Gasteiger partial charge in [-0.3, -0.25) is 14.6 Å². The highest BCUT2D eigenvalue weighted by atomic mass is 32.1. The van der Waals surface area contributed by atoms with E-state index in [1.165, 1.54) is 16.6 Å². The Morgan fingerprint density at radius 3 is 2.68 bits per heavy atom. The molecule has 1 aliphatic rings. The zero-order valence-corrected chi connectivity index (χ0v) is 15.4. The highest BCUT2D eigenvalue weighted by molar-refractivity contribution is 7.09. The van der Waals surface area contributed by atoms with Crippen LogP contribution in [0.3, 0.4) is 0 Å². The van der Waals surface area contributed by atoms with Gasteiger partial charge < -0.3 is 5.32 Å². The molecular formula is C17H19N5OS2. The first-order valence-corrected chi connectivity index (χ1v) is 9.86. The van der Waals surface area contributed by atoms with Crippen LogP contribution in [0.4, 0.5) is 5.69 Å². The highest BCUT2D eigenvalue weighted by Crippen LogP contribution is 2.17. The number of carbonyl (C=O) groups excluding carboxylic acids is 1. The molecule has 0 aliphatic carbocycles. The molecule has 1 fully saturated rings. The van der Waals surface area contributed by atoms with E-state index in [1.54, 1.807) is 11.3 Å². The Labute approximate surface area is 154 Å². The first-order chi connectivity index (χ1) is 12.3. The number of aromatic nitrogens is 2. The number of fused-ring (bicyclic) bond motifs is 1. The molecule has 0 saturated carbocycles. The summed E-state index contributed by atoms with van der Waals surface area (Å²) in [6, 6.07) is 9.91. The van der Waals surface area contributed by atoms with Crippen LogP contribution in [0.2, 0.25) is 0 Å². The second-order valence-electron chi connectivity index (χ2n) is 6.15. The Bertz CT molecular complexity index is 840. The third kappa shape index (κ3) is 4.21. The molecule has 3 heterocycles. The summed E-state index contributed by atoms with van der Waals surface area (Å²) in [4.78, 5) is 18.4. The number of piperazine rings is 1. The van der Waals surface area contributed by atoms with Gasteiger partial charge in [-0.05, 0) is 29.6 Å². The average Bonchev–Trinajstić information content (AvgIpc) is 3.27. The summed E-state index contributed by atoms with van der Waals surface area (Å²) >= 11 is 2.99. The minimum Gasteiger partial charge on any atom is -0.325 e. The van der Waals surface area contributed by atoms with Gasteiger partial charge in [0.1, 0.15) is 11.0 Å². The fraction of sp³-hybridized carbons (Fsp3) is 0.353. The molecule has 130 valence electrons. The number of hydrogen-bond acceptors (Lipinski definition) is 7. The SMILES string of the molecule is O=C(CN1CCN(Cc2cccs2)CC1)Nc1ccc2nsnc2c1. The second kappa shape index (κ2) is 7.57. The first kappa shape index (κ1) is 16.6. The van der Waals surface area contributed by atoms with Gasteiger partial charge in [0.05, 0.1) is 18.3 Å². The number of anilines is 1. The van der Waals surface area contributed by atoms with Crippen LogP contribution in [0.1, 0.15) is 4.88 Å². The Morgan fingerprint density at radius 1 is 1.08 bits per heavy atom. The van der Waals surface area contributed by atoms with Crippen molar-refractivity contribution < 1.29 is 4.79 Å². The number of nitrogens with zero attached hydrogens (tertiary/aromatic N) is 4. The molecule has 1 amide bonds. The van der Waals surface area contributed by atoms with E-state index in [0.29, 0.717) is 6.54 Å². The number of amides is 1. The molecule has 1 saturated heterocycles. The van der Waals surface area contributed by atoms with Crippen LogP contribution in [0.15, 0.2) is 35.7 Å². The predicted molar refractivity (Wildman–Crippen MR) is 102 cm³/mol. The third-order valence-corrected chi connectivity index (χ3v) is 5.75. The Hall–Kier alpha value is -1.87. The molecular weight excluding hydrogens is 354 g/mol. The lowest BCUT2D eigenvalue weighted by Gasteiger charge is -2.34. The van der Waals surface area contributed by atoms with E-state index in [2.05, 4.69) is 41.4 Å². The molecule has 3 aromatic rings. The van der Waals surface area contributed by atoms with Crippen molar-refractivity contribution in [2.75, 3.05) is 38.0 Å². The number of thiophene rings is 1. The largest absolute Gasteiger partial charge is 0.325 e. The number of benzene rings is 1. The van der Waals surface area contributed by atoms with Crippen LogP contribution < -0.4 is 5.32 Å². The maximum atomic E-state index is 12.3. The number of nitrogens with one attached hydrogen (secondary N) is 1. The van der Waals surface area contributed by atoms with Gasteiger partial charge in [0.25, 0.3) is 0 Å². The molecule has 1 N–H and O–H groups in total. The molecule has 0 atom stereocenters. The highest BCUT2D eigenvalue weighted by Gasteiger charge is 2.19. The standard InChI is InChI=1S/C17H19N5OS2/c23-17(18-13-3-4-15-16(10-13)20-25-19-15)12-22-7-5-21(6-8-22)11-14-2-1-9-24-14/h1-4,9-10H,5-8,11-12H2,(H,18,23). The van der Waals surface area contributed by atoms with E-state index < -0.39 is 0 Å². The molecule has 25 heavy (non-hydrogen) atoms.